The van der Waals surface area contributed by atoms with Crippen LogP contribution in [0.1, 0.15) is 38.5 Å². The molecule has 104 valence electrons. The third-order valence-electron chi connectivity index (χ3n) is 3.16. The first-order chi connectivity index (χ1) is 8.61. The van der Waals surface area contributed by atoms with Crippen LogP contribution in [0.4, 0.5) is 0 Å². The molecule has 2 atom stereocenters. The first kappa shape index (κ1) is 14.9. The van der Waals surface area contributed by atoms with Crippen molar-refractivity contribution in [1.82, 2.24) is 10.6 Å². The second kappa shape index (κ2) is 8.05. The van der Waals surface area contributed by atoms with Crippen molar-refractivity contribution in [3.05, 3.63) is 0 Å². The highest BCUT2D eigenvalue weighted by Gasteiger charge is 2.15. The SMILES string of the molecule is NC1CCCCNC1=O.NC1CCCCNC1=O. The predicted molar refractivity (Wildman–Crippen MR) is 69.7 cm³/mol. The molecule has 2 heterocycles. The summed E-state index contributed by atoms with van der Waals surface area (Å²) in [5, 5.41) is 5.46. The van der Waals surface area contributed by atoms with Gasteiger partial charge in [-0.1, -0.05) is 0 Å². The first-order valence-corrected chi connectivity index (χ1v) is 6.68. The number of hydrogen-bond donors (Lipinski definition) is 4. The second-order valence-corrected chi connectivity index (χ2v) is 4.79. The number of amides is 2. The molecule has 2 unspecified atom stereocenters. The lowest BCUT2D eigenvalue weighted by Crippen LogP contribution is -2.38. The van der Waals surface area contributed by atoms with Gasteiger partial charge in [-0.25, -0.2) is 0 Å². The van der Waals surface area contributed by atoms with E-state index in [0.717, 1.165) is 51.6 Å². The van der Waals surface area contributed by atoms with Crippen molar-refractivity contribution >= 4 is 11.8 Å². The van der Waals surface area contributed by atoms with Crippen molar-refractivity contribution in [1.29, 1.82) is 0 Å². The van der Waals surface area contributed by atoms with Crippen LogP contribution in [-0.2, 0) is 9.59 Å². The van der Waals surface area contributed by atoms with Gasteiger partial charge in [0.15, 0.2) is 0 Å². The van der Waals surface area contributed by atoms with Gasteiger partial charge < -0.3 is 22.1 Å². The highest BCUT2D eigenvalue weighted by molar-refractivity contribution is 5.81. The summed E-state index contributed by atoms with van der Waals surface area (Å²) in [7, 11) is 0. The molecule has 0 aromatic rings. The molecule has 0 radical (unpaired) electrons. The Balaban J connectivity index is 0.000000180. The number of rotatable bonds is 0. The molecule has 2 fully saturated rings. The third kappa shape index (κ3) is 5.46. The molecule has 0 aliphatic carbocycles. The maximum atomic E-state index is 10.8. The van der Waals surface area contributed by atoms with Crippen LogP contribution in [0.2, 0.25) is 0 Å². The molecule has 6 N–H and O–H groups in total. The highest BCUT2D eigenvalue weighted by Crippen LogP contribution is 2.02. The van der Waals surface area contributed by atoms with Crippen LogP contribution >= 0.6 is 0 Å². The fraction of sp³-hybridized carbons (Fsp3) is 0.833. The largest absolute Gasteiger partial charge is 0.355 e. The average Bonchev–Trinajstić information content (AvgIpc) is 2.65. The minimum atomic E-state index is -0.257. The van der Waals surface area contributed by atoms with Crippen molar-refractivity contribution in [2.45, 2.75) is 50.6 Å². The van der Waals surface area contributed by atoms with E-state index in [9.17, 15) is 9.59 Å². The molecule has 0 aromatic heterocycles. The Bertz CT molecular complexity index is 255. The Hall–Kier alpha value is -1.14. The van der Waals surface area contributed by atoms with E-state index in [1.807, 2.05) is 0 Å². The maximum Gasteiger partial charge on any atom is 0.236 e. The Morgan fingerprint density at radius 2 is 1.17 bits per heavy atom. The van der Waals surface area contributed by atoms with E-state index in [2.05, 4.69) is 10.6 Å². The number of hydrogen-bond acceptors (Lipinski definition) is 4. The highest BCUT2D eigenvalue weighted by atomic mass is 16.2. The summed E-state index contributed by atoms with van der Waals surface area (Å²) in [5.74, 6) is 0.0139. The Morgan fingerprint density at radius 1 is 0.778 bits per heavy atom. The van der Waals surface area contributed by atoms with Gasteiger partial charge in [0, 0.05) is 13.1 Å². The second-order valence-electron chi connectivity index (χ2n) is 4.79. The van der Waals surface area contributed by atoms with Crippen LogP contribution in [0.25, 0.3) is 0 Å². The van der Waals surface area contributed by atoms with Gasteiger partial charge >= 0.3 is 0 Å². The van der Waals surface area contributed by atoms with Gasteiger partial charge in [0.2, 0.25) is 11.8 Å². The lowest BCUT2D eigenvalue weighted by Gasteiger charge is -2.03. The van der Waals surface area contributed by atoms with Gasteiger partial charge in [0.25, 0.3) is 0 Å². The molecule has 2 aliphatic heterocycles. The minimum absolute atomic E-state index is 0.00694. The molecule has 2 aliphatic rings. The summed E-state index contributed by atoms with van der Waals surface area (Å²) in [6.45, 7) is 1.60. The van der Waals surface area contributed by atoms with Crippen LogP contribution in [0, 0.1) is 0 Å². The normalized spacial score (nSPS) is 29.0. The molecular formula is C12H24N4O2. The van der Waals surface area contributed by atoms with Gasteiger partial charge in [-0.15, -0.1) is 0 Å². The zero-order chi connectivity index (χ0) is 13.4. The number of carbonyl (C=O) groups excluding carboxylic acids is 2. The quantitative estimate of drug-likeness (QED) is 0.456. The van der Waals surface area contributed by atoms with E-state index in [1.54, 1.807) is 0 Å². The van der Waals surface area contributed by atoms with E-state index in [0.29, 0.717) is 0 Å². The monoisotopic (exact) mass is 256 g/mol. The fourth-order valence-electron chi connectivity index (χ4n) is 1.93. The van der Waals surface area contributed by atoms with E-state index in [1.165, 1.54) is 0 Å². The lowest BCUT2D eigenvalue weighted by molar-refractivity contribution is -0.122. The van der Waals surface area contributed by atoms with Crippen LogP contribution < -0.4 is 22.1 Å². The number of nitrogens with two attached hydrogens (primary N) is 2. The summed E-state index contributed by atoms with van der Waals surface area (Å²) in [6, 6.07) is -0.514. The van der Waals surface area contributed by atoms with Crippen molar-refractivity contribution in [3.63, 3.8) is 0 Å². The zero-order valence-corrected chi connectivity index (χ0v) is 10.8. The van der Waals surface area contributed by atoms with Crippen LogP contribution in [0.15, 0.2) is 0 Å². The van der Waals surface area contributed by atoms with E-state index < -0.39 is 0 Å². The van der Waals surface area contributed by atoms with Crippen molar-refractivity contribution in [3.8, 4) is 0 Å². The first-order valence-electron chi connectivity index (χ1n) is 6.68. The van der Waals surface area contributed by atoms with Crippen LogP contribution in [-0.4, -0.2) is 37.0 Å². The van der Waals surface area contributed by atoms with Gasteiger partial charge in [-0.3, -0.25) is 9.59 Å². The van der Waals surface area contributed by atoms with Crippen molar-refractivity contribution in [2.75, 3.05) is 13.1 Å². The summed E-state index contributed by atoms with van der Waals surface area (Å²) in [5.41, 5.74) is 10.9. The third-order valence-corrected chi connectivity index (χ3v) is 3.16. The molecule has 2 rings (SSSR count). The summed E-state index contributed by atoms with van der Waals surface area (Å²) in [4.78, 5) is 21.6. The molecule has 0 bridgehead atoms. The Morgan fingerprint density at radius 3 is 1.56 bits per heavy atom. The minimum Gasteiger partial charge on any atom is -0.355 e. The molecule has 0 spiro atoms. The maximum absolute atomic E-state index is 10.8. The van der Waals surface area contributed by atoms with Gasteiger partial charge in [-0.2, -0.15) is 0 Å². The van der Waals surface area contributed by atoms with E-state index in [-0.39, 0.29) is 23.9 Å². The summed E-state index contributed by atoms with van der Waals surface area (Å²) < 4.78 is 0. The Kier molecular flexibility index (Phi) is 6.67. The summed E-state index contributed by atoms with van der Waals surface area (Å²) in [6.07, 6.45) is 5.95. The smallest absolute Gasteiger partial charge is 0.236 e. The molecule has 2 amide bonds. The molecular weight excluding hydrogens is 232 g/mol. The zero-order valence-electron chi connectivity index (χ0n) is 10.8. The van der Waals surface area contributed by atoms with Gasteiger partial charge in [0.05, 0.1) is 12.1 Å². The average molecular weight is 256 g/mol. The van der Waals surface area contributed by atoms with E-state index >= 15 is 0 Å². The standard InChI is InChI=1S/2C6H12N2O/c2*7-5-3-1-2-4-8-6(5)9/h2*5H,1-4,7H2,(H,8,9). The Labute approximate surface area is 108 Å². The molecule has 0 saturated carbocycles. The predicted octanol–water partition coefficient (Wildman–Crippen LogP) is -0.772. The van der Waals surface area contributed by atoms with Gasteiger partial charge in [-0.05, 0) is 38.5 Å². The molecule has 2 saturated heterocycles. The molecule has 6 nitrogen and oxygen atoms in total. The summed E-state index contributed by atoms with van der Waals surface area (Å²) >= 11 is 0. The number of carbonyl (C=O) groups is 2. The molecule has 18 heavy (non-hydrogen) atoms. The van der Waals surface area contributed by atoms with Crippen molar-refractivity contribution < 1.29 is 9.59 Å². The molecule has 6 heteroatoms. The fourth-order valence-corrected chi connectivity index (χ4v) is 1.93. The topological polar surface area (TPSA) is 110 Å². The lowest BCUT2D eigenvalue weighted by atomic mass is 10.1. The van der Waals surface area contributed by atoms with Crippen molar-refractivity contribution in [2.24, 2.45) is 11.5 Å². The molecule has 0 aromatic carbocycles. The van der Waals surface area contributed by atoms with Crippen LogP contribution in [0.5, 0.6) is 0 Å². The van der Waals surface area contributed by atoms with Crippen LogP contribution in [0.3, 0.4) is 0 Å². The number of nitrogens with one attached hydrogen (secondary N) is 2. The van der Waals surface area contributed by atoms with E-state index in [4.69, 9.17) is 11.5 Å². The van der Waals surface area contributed by atoms with Gasteiger partial charge in [0.1, 0.15) is 0 Å².